The highest BCUT2D eigenvalue weighted by Gasteiger charge is 2.29. The van der Waals surface area contributed by atoms with Crippen molar-refractivity contribution in [1.29, 1.82) is 0 Å². The van der Waals surface area contributed by atoms with Gasteiger partial charge in [0.2, 0.25) is 0 Å². The van der Waals surface area contributed by atoms with Gasteiger partial charge in [-0.15, -0.1) is 0 Å². The van der Waals surface area contributed by atoms with Crippen LogP contribution in [0.15, 0.2) is 40.9 Å². The van der Waals surface area contributed by atoms with Crippen LogP contribution in [-0.2, 0) is 5.60 Å². The molecule has 0 spiro atoms. The van der Waals surface area contributed by atoms with E-state index in [1.165, 1.54) is 6.92 Å². The molecule has 1 nitrogen and oxygen atoms in total. The summed E-state index contributed by atoms with van der Waals surface area (Å²) in [5, 5.41) is 10.9. The Bertz CT molecular complexity index is 609. The van der Waals surface area contributed by atoms with Crippen LogP contribution in [0.3, 0.4) is 0 Å². The van der Waals surface area contributed by atoms with E-state index in [1.807, 2.05) is 0 Å². The average Bonchev–Trinajstić information content (AvgIpc) is 2.26. The first kappa shape index (κ1) is 14.4. The lowest BCUT2D eigenvalue weighted by molar-refractivity contribution is 0.101. The second-order valence-electron chi connectivity index (χ2n) is 4.35. The van der Waals surface area contributed by atoms with Gasteiger partial charge in [-0.1, -0.05) is 33.6 Å². The SMILES string of the molecule is CC(O)(c1cc(F)cc(F)c1)c1ccc(Br)cc1Cl. The first-order valence-electron chi connectivity index (χ1n) is 5.45. The molecule has 1 atom stereocenters. The van der Waals surface area contributed by atoms with Crippen LogP contribution in [-0.4, -0.2) is 5.11 Å². The molecule has 19 heavy (non-hydrogen) atoms. The third-order valence-electron chi connectivity index (χ3n) is 2.88. The van der Waals surface area contributed by atoms with Crippen molar-refractivity contribution in [2.24, 2.45) is 0 Å². The molecule has 0 bridgehead atoms. The van der Waals surface area contributed by atoms with Gasteiger partial charge in [-0.2, -0.15) is 0 Å². The van der Waals surface area contributed by atoms with E-state index < -0.39 is 17.2 Å². The van der Waals surface area contributed by atoms with Crippen molar-refractivity contribution in [3.8, 4) is 0 Å². The maximum atomic E-state index is 13.2. The Balaban J connectivity index is 2.57. The fourth-order valence-corrected chi connectivity index (χ4v) is 2.73. The molecule has 0 aliphatic rings. The van der Waals surface area contributed by atoms with Crippen molar-refractivity contribution >= 4 is 27.5 Å². The van der Waals surface area contributed by atoms with Crippen LogP contribution in [0.1, 0.15) is 18.1 Å². The van der Waals surface area contributed by atoms with Crippen molar-refractivity contribution in [2.75, 3.05) is 0 Å². The molecule has 0 fully saturated rings. The molecule has 2 aromatic rings. The van der Waals surface area contributed by atoms with E-state index in [4.69, 9.17) is 11.6 Å². The molecule has 1 N–H and O–H groups in total. The predicted molar refractivity (Wildman–Crippen MR) is 74.2 cm³/mol. The van der Waals surface area contributed by atoms with Crippen LogP contribution in [0.25, 0.3) is 0 Å². The van der Waals surface area contributed by atoms with Gasteiger partial charge in [-0.25, -0.2) is 8.78 Å². The molecule has 100 valence electrons. The summed E-state index contributed by atoms with van der Waals surface area (Å²) in [5.74, 6) is -1.49. The van der Waals surface area contributed by atoms with Gasteiger partial charge in [0, 0.05) is 21.1 Å². The number of rotatable bonds is 2. The zero-order valence-corrected chi connectivity index (χ0v) is 12.3. The number of benzene rings is 2. The molecule has 0 amide bonds. The smallest absolute Gasteiger partial charge is 0.126 e. The summed E-state index contributed by atoms with van der Waals surface area (Å²) < 4.78 is 27.2. The van der Waals surface area contributed by atoms with E-state index in [9.17, 15) is 13.9 Å². The molecule has 2 aromatic carbocycles. The Hall–Kier alpha value is -0.970. The fourth-order valence-electron chi connectivity index (χ4n) is 1.87. The summed E-state index contributed by atoms with van der Waals surface area (Å²) in [5.41, 5.74) is -1.10. The Morgan fingerprint density at radius 2 is 1.68 bits per heavy atom. The Morgan fingerprint density at radius 3 is 2.21 bits per heavy atom. The van der Waals surface area contributed by atoms with E-state index in [-0.39, 0.29) is 5.56 Å². The van der Waals surface area contributed by atoms with E-state index in [0.717, 1.165) is 22.7 Å². The van der Waals surface area contributed by atoms with Crippen LogP contribution in [0.2, 0.25) is 5.02 Å². The molecule has 5 heteroatoms. The molecule has 2 rings (SSSR count). The first-order chi connectivity index (χ1) is 8.80. The van der Waals surface area contributed by atoms with Crippen LogP contribution >= 0.6 is 27.5 Å². The summed E-state index contributed by atoms with van der Waals surface area (Å²) in [7, 11) is 0. The Labute approximate surface area is 123 Å². The van der Waals surface area contributed by atoms with E-state index >= 15 is 0 Å². The predicted octanol–water partition coefficient (Wildman–Crippen LogP) is 4.64. The minimum absolute atomic E-state index is 0.106. The molecular weight excluding hydrogens is 338 g/mol. The molecule has 0 saturated heterocycles. The zero-order chi connectivity index (χ0) is 14.2. The lowest BCUT2D eigenvalue weighted by atomic mass is 9.88. The van der Waals surface area contributed by atoms with Gasteiger partial charge in [0.1, 0.15) is 17.2 Å². The molecule has 0 radical (unpaired) electrons. The van der Waals surface area contributed by atoms with E-state index in [1.54, 1.807) is 18.2 Å². The summed E-state index contributed by atoms with van der Waals surface area (Å²) in [6.45, 7) is 1.44. The lowest BCUT2D eigenvalue weighted by Crippen LogP contribution is -2.23. The van der Waals surface area contributed by atoms with Gasteiger partial charge >= 0.3 is 0 Å². The summed E-state index contributed by atoms with van der Waals surface area (Å²) >= 11 is 9.32. The van der Waals surface area contributed by atoms with Crippen molar-refractivity contribution < 1.29 is 13.9 Å². The fraction of sp³-hybridized carbons (Fsp3) is 0.143. The molecule has 0 saturated carbocycles. The van der Waals surface area contributed by atoms with Gasteiger partial charge in [0.25, 0.3) is 0 Å². The van der Waals surface area contributed by atoms with Crippen molar-refractivity contribution in [2.45, 2.75) is 12.5 Å². The molecular formula is C14H10BrClF2O. The highest BCUT2D eigenvalue weighted by atomic mass is 79.9. The zero-order valence-electron chi connectivity index (χ0n) is 9.92. The monoisotopic (exact) mass is 346 g/mol. The van der Waals surface area contributed by atoms with Crippen molar-refractivity contribution in [3.63, 3.8) is 0 Å². The second kappa shape index (κ2) is 5.19. The second-order valence-corrected chi connectivity index (χ2v) is 5.68. The molecule has 0 aromatic heterocycles. The van der Waals surface area contributed by atoms with Crippen molar-refractivity contribution in [1.82, 2.24) is 0 Å². The maximum absolute atomic E-state index is 13.2. The van der Waals surface area contributed by atoms with E-state index in [2.05, 4.69) is 15.9 Å². The van der Waals surface area contributed by atoms with Crippen LogP contribution in [0.4, 0.5) is 8.78 Å². The minimum Gasteiger partial charge on any atom is -0.381 e. The average molecular weight is 348 g/mol. The highest BCUT2D eigenvalue weighted by Crippen LogP contribution is 2.35. The molecule has 0 aliphatic heterocycles. The largest absolute Gasteiger partial charge is 0.381 e. The minimum atomic E-state index is -1.58. The van der Waals surface area contributed by atoms with Crippen LogP contribution < -0.4 is 0 Å². The third-order valence-corrected chi connectivity index (χ3v) is 3.69. The Kier molecular flexibility index (Phi) is 3.95. The normalized spacial score (nSPS) is 14.2. The van der Waals surface area contributed by atoms with Gasteiger partial charge < -0.3 is 5.11 Å². The quantitative estimate of drug-likeness (QED) is 0.839. The lowest BCUT2D eigenvalue weighted by Gasteiger charge is -2.25. The van der Waals surface area contributed by atoms with Gasteiger partial charge in [-0.05, 0) is 36.8 Å². The maximum Gasteiger partial charge on any atom is 0.126 e. The topological polar surface area (TPSA) is 20.2 Å². The standard InChI is InChI=1S/C14H10BrClF2O/c1-14(19,8-4-10(17)7-11(18)5-8)12-3-2-9(15)6-13(12)16/h2-7,19H,1H3. The van der Waals surface area contributed by atoms with Gasteiger partial charge in [-0.3, -0.25) is 0 Å². The molecule has 0 heterocycles. The van der Waals surface area contributed by atoms with Gasteiger partial charge in [0.15, 0.2) is 0 Å². The summed E-state index contributed by atoms with van der Waals surface area (Å²) in [4.78, 5) is 0. The molecule has 0 aliphatic carbocycles. The van der Waals surface area contributed by atoms with Crippen molar-refractivity contribution in [3.05, 3.63) is 68.7 Å². The van der Waals surface area contributed by atoms with Crippen LogP contribution in [0.5, 0.6) is 0 Å². The number of halogens is 4. The number of hydrogen-bond donors (Lipinski definition) is 1. The summed E-state index contributed by atoms with van der Waals surface area (Å²) in [6.07, 6.45) is 0. The highest BCUT2D eigenvalue weighted by molar-refractivity contribution is 9.10. The first-order valence-corrected chi connectivity index (χ1v) is 6.62. The Morgan fingerprint density at radius 1 is 1.11 bits per heavy atom. The van der Waals surface area contributed by atoms with Gasteiger partial charge in [0.05, 0.1) is 0 Å². The summed E-state index contributed by atoms with van der Waals surface area (Å²) in [6, 6.07) is 7.84. The van der Waals surface area contributed by atoms with E-state index in [0.29, 0.717) is 10.6 Å². The number of hydrogen-bond acceptors (Lipinski definition) is 1. The third kappa shape index (κ3) is 2.96. The molecule has 1 unspecified atom stereocenters. The number of aliphatic hydroxyl groups is 1. The van der Waals surface area contributed by atoms with Crippen LogP contribution in [0, 0.1) is 11.6 Å².